The molecule has 0 aliphatic carbocycles. The summed E-state index contributed by atoms with van der Waals surface area (Å²) in [5.74, 6) is -0.281. The largest absolute Gasteiger partial charge is 0.512 e. The minimum absolute atomic E-state index is 0.0607. The Balaban J connectivity index is 2.02. The van der Waals surface area contributed by atoms with E-state index in [0.717, 1.165) is 31.2 Å². The molecule has 0 radical (unpaired) electrons. The number of cyclic esters (lactones) is 1. The Morgan fingerprint density at radius 1 is 1.23 bits per heavy atom. The molecule has 1 aliphatic rings. The molecular weight excluding hydrogens is 334 g/mol. The summed E-state index contributed by atoms with van der Waals surface area (Å²) in [7, 11) is 0. The molecular formula is C20H27NO5. The highest BCUT2D eigenvalue weighted by Gasteiger charge is 2.40. The minimum Gasteiger partial charge on any atom is -0.512 e. The molecule has 0 unspecified atom stereocenters. The van der Waals surface area contributed by atoms with Crippen LogP contribution in [-0.4, -0.2) is 21.6 Å². The van der Waals surface area contributed by atoms with Crippen molar-refractivity contribution < 1.29 is 19.6 Å². The van der Waals surface area contributed by atoms with Crippen LogP contribution in [0.4, 0.5) is 5.69 Å². The molecule has 6 heteroatoms. The molecule has 1 aliphatic heterocycles. The fourth-order valence-electron chi connectivity index (χ4n) is 3.68. The molecule has 1 aromatic carbocycles. The zero-order valence-electron chi connectivity index (χ0n) is 15.5. The highest BCUT2D eigenvalue weighted by molar-refractivity contribution is 5.90. The number of benzene rings is 1. The first-order chi connectivity index (χ1) is 12.4. The average Bonchev–Trinajstić information content (AvgIpc) is 2.58. The van der Waals surface area contributed by atoms with Gasteiger partial charge in [0.2, 0.25) is 0 Å². The molecule has 0 saturated carbocycles. The molecule has 142 valence electrons. The Morgan fingerprint density at radius 2 is 1.92 bits per heavy atom. The first-order valence-electron chi connectivity index (χ1n) is 9.28. The predicted octanol–water partition coefficient (Wildman–Crippen LogP) is 5.02. The molecule has 0 saturated heterocycles. The summed E-state index contributed by atoms with van der Waals surface area (Å²) in [6.07, 6.45) is 5.28. The number of nitrogens with zero attached hydrogens (tertiary/aromatic N) is 1. The van der Waals surface area contributed by atoms with Crippen molar-refractivity contribution in [2.45, 2.75) is 70.8 Å². The van der Waals surface area contributed by atoms with Gasteiger partial charge in [-0.1, -0.05) is 38.8 Å². The number of hydrogen-bond donors (Lipinski definition) is 1. The minimum atomic E-state index is -0.575. The molecule has 1 heterocycles. The molecule has 1 aromatic rings. The number of aliphatic hydroxyl groups excluding tert-OH is 1. The van der Waals surface area contributed by atoms with Crippen LogP contribution in [0.25, 0.3) is 0 Å². The SMILES string of the molecule is CCCC1(CCC)CC(O)=C(CCCc2cccc([N+](=O)[O-])c2)C(=O)O1. The third-order valence-corrected chi connectivity index (χ3v) is 4.82. The van der Waals surface area contributed by atoms with Crippen molar-refractivity contribution in [1.82, 2.24) is 0 Å². The molecule has 1 N–H and O–H groups in total. The Morgan fingerprint density at radius 3 is 2.50 bits per heavy atom. The number of aryl methyl sites for hydroxylation is 1. The van der Waals surface area contributed by atoms with E-state index >= 15 is 0 Å². The van der Waals surface area contributed by atoms with Crippen molar-refractivity contribution >= 4 is 11.7 Å². The highest BCUT2D eigenvalue weighted by atomic mass is 16.6. The highest BCUT2D eigenvalue weighted by Crippen LogP contribution is 2.37. The molecule has 0 spiro atoms. The van der Waals surface area contributed by atoms with Crippen LogP contribution in [0.15, 0.2) is 35.6 Å². The standard InChI is InChI=1S/C20H27NO5/c1-3-11-20(12-4-2)14-18(22)17(19(23)26-20)10-6-8-15-7-5-9-16(13-15)21(24)25/h5,7,9,13,22H,3-4,6,8,10-12,14H2,1-2H3. The van der Waals surface area contributed by atoms with Crippen LogP contribution in [0.2, 0.25) is 0 Å². The lowest BCUT2D eigenvalue weighted by Gasteiger charge is -2.37. The van der Waals surface area contributed by atoms with E-state index in [1.807, 2.05) is 19.9 Å². The first kappa shape index (κ1) is 19.9. The zero-order valence-corrected chi connectivity index (χ0v) is 15.5. The number of esters is 1. The molecule has 0 atom stereocenters. The lowest BCUT2D eigenvalue weighted by atomic mass is 9.84. The van der Waals surface area contributed by atoms with Crippen molar-refractivity contribution in [3.8, 4) is 0 Å². The van der Waals surface area contributed by atoms with Gasteiger partial charge in [-0.05, 0) is 37.7 Å². The van der Waals surface area contributed by atoms with Gasteiger partial charge in [-0.2, -0.15) is 0 Å². The van der Waals surface area contributed by atoms with Crippen molar-refractivity contribution in [3.63, 3.8) is 0 Å². The summed E-state index contributed by atoms with van der Waals surface area (Å²) in [5.41, 5.74) is 0.674. The number of nitro groups is 1. The number of hydrogen-bond acceptors (Lipinski definition) is 5. The van der Waals surface area contributed by atoms with Gasteiger partial charge in [0.15, 0.2) is 0 Å². The normalized spacial score (nSPS) is 16.5. The maximum absolute atomic E-state index is 12.4. The number of non-ortho nitro benzene ring substituents is 1. The summed E-state index contributed by atoms with van der Waals surface area (Å²) < 4.78 is 5.75. The quantitative estimate of drug-likeness (QED) is 0.379. The molecule has 2 rings (SSSR count). The fraction of sp³-hybridized carbons (Fsp3) is 0.550. The van der Waals surface area contributed by atoms with Gasteiger partial charge >= 0.3 is 5.97 Å². The molecule has 0 fully saturated rings. The van der Waals surface area contributed by atoms with Crippen molar-refractivity contribution in [2.24, 2.45) is 0 Å². The summed E-state index contributed by atoms with van der Waals surface area (Å²) in [6.45, 7) is 4.08. The van der Waals surface area contributed by atoms with Crippen LogP contribution in [0.3, 0.4) is 0 Å². The molecule has 6 nitrogen and oxygen atoms in total. The molecule has 0 amide bonds. The number of rotatable bonds is 9. The second kappa shape index (κ2) is 8.83. The summed E-state index contributed by atoms with van der Waals surface area (Å²) in [6, 6.07) is 6.48. The Bertz CT molecular complexity index is 689. The van der Waals surface area contributed by atoms with Crippen LogP contribution in [0.5, 0.6) is 0 Å². The number of aliphatic hydroxyl groups is 1. The Labute approximate surface area is 154 Å². The van der Waals surface area contributed by atoms with Crippen LogP contribution in [0.1, 0.15) is 64.4 Å². The van der Waals surface area contributed by atoms with Gasteiger partial charge in [-0.15, -0.1) is 0 Å². The van der Waals surface area contributed by atoms with E-state index in [2.05, 4.69) is 0 Å². The number of ether oxygens (including phenoxy) is 1. The average molecular weight is 361 g/mol. The van der Waals surface area contributed by atoms with Crippen molar-refractivity contribution in [1.29, 1.82) is 0 Å². The van der Waals surface area contributed by atoms with Crippen LogP contribution >= 0.6 is 0 Å². The number of carbonyl (C=O) groups excluding carboxylic acids is 1. The zero-order chi connectivity index (χ0) is 19.2. The van der Waals surface area contributed by atoms with E-state index in [9.17, 15) is 20.0 Å². The van der Waals surface area contributed by atoms with Crippen LogP contribution < -0.4 is 0 Å². The van der Waals surface area contributed by atoms with Gasteiger partial charge in [-0.25, -0.2) is 4.79 Å². The number of nitro benzene ring substituents is 1. The first-order valence-corrected chi connectivity index (χ1v) is 9.28. The van der Waals surface area contributed by atoms with E-state index in [1.54, 1.807) is 12.1 Å². The van der Waals surface area contributed by atoms with Crippen LogP contribution in [-0.2, 0) is 16.0 Å². The monoisotopic (exact) mass is 361 g/mol. The predicted molar refractivity (Wildman–Crippen MR) is 98.9 cm³/mol. The topological polar surface area (TPSA) is 89.7 Å². The van der Waals surface area contributed by atoms with E-state index in [4.69, 9.17) is 4.74 Å². The fourth-order valence-corrected chi connectivity index (χ4v) is 3.68. The van der Waals surface area contributed by atoms with E-state index in [1.165, 1.54) is 6.07 Å². The maximum Gasteiger partial charge on any atom is 0.337 e. The van der Waals surface area contributed by atoms with E-state index in [-0.39, 0.29) is 11.4 Å². The van der Waals surface area contributed by atoms with Crippen LogP contribution in [0, 0.1) is 10.1 Å². The van der Waals surface area contributed by atoms with Gasteiger partial charge in [0.05, 0.1) is 10.5 Å². The third kappa shape index (κ3) is 4.84. The molecule has 0 bridgehead atoms. The summed E-state index contributed by atoms with van der Waals surface area (Å²) >= 11 is 0. The van der Waals surface area contributed by atoms with Gasteiger partial charge in [0.1, 0.15) is 11.4 Å². The Kier molecular flexibility index (Phi) is 6.77. The van der Waals surface area contributed by atoms with Crippen molar-refractivity contribution in [2.75, 3.05) is 0 Å². The second-order valence-electron chi connectivity index (χ2n) is 6.96. The summed E-state index contributed by atoms with van der Waals surface area (Å²) in [5, 5.41) is 21.3. The lowest BCUT2D eigenvalue weighted by molar-refractivity contribution is -0.384. The second-order valence-corrected chi connectivity index (χ2v) is 6.96. The van der Waals surface area contributed by atoms with Gasteiger partial charge in [-0.3, -0.25) is 10.1 Å². The maximum atomic E-state index is 12.4. The lowest BCUT2D eigenvalue weighted by Crippen LogP contribution is -2.40. The smallest absolute Gasteiger partial charge is 0.337 e. The third-order valence-electron chi connectivity index (χ3n) is 4.82. The van der Waals surface area contributed by atoms with E-state index in [0.29, 0.717) is 31.3 Å². The van der Waals surface area contributed by atoms with Gasteiger partial charge in [0.25, 0.3) is 5.69 Å². The van der Waals surface area contributed by atoms with Gasteiger partial charge in [0, 0.05) is 18.6 Å². The molecule has 26 heavy (non-hydrogen) atoms. The number of carbonyl (C=O) groups is 1. The van der Waals surface area contributed by atoms with Crippen molar-refractivity contribution in [3.05, 3.63) is 51.3 Å². The van der Waals surface area contributed by atoms with E-state index < -0.39 is 16.5 Å². The van der Waals surface area contributed by atoms with Gasteiger partial charge < -0.3 is 9.84 Å². The molecule has 0 aromatic heterocycles. The Hall–Kier alpha value is -2.37. The summed E-state index contributed by atoms with van der Waals surface area (Å²) in [4.78, 5) is 22.8.